The molecule has 17 heavy (non-hydrogen) atoms. The Kier molecular flexibility index (Phi) is 5.87. The summed E-state index contributed by atoms with van der Waals surface area (Å²) in [6, 6.07) is 6.87. The standard InChI is InChI=1S/C11H9Br2NO3/c1-2-6-16-11(15)14-8-4-3-5-9(7-8)17-10(12)13/h1,3-5,7,10H,6H2,(H,14,15). The highest BCUT2D eigenvalue weighted by Crippen LogP contribution is 2.21. The Labute approximate surface area is 116 Å². The molecule has 0 spiro atoms. The summed E-state index contributed by atoms with van der Waals surface area (Å²) >= 11 is 6.36. The van der Waals surface area contributed by atoms with E-state index >= 15 is 0 Å². The fourth-order valence-corrected chi connectivity index (χ4v) is 1.44. The first kappa shape index (κ1) is 13.9. The summed E-state index contributed by atoms with van der Waals surface area (Å²) in [6.45, 7) is -0.0626. The molecule has 0 aliphatic heterocycles. The molecule has 0 atom stereocenters. The number of hydrogen-bond donors (Lipinski definition) is 1. The number of terminal acetylenes is 1. The van der Waals surface area contributed by atoms with E-state index in [9.17, 15) is 4.79 Å². The van der Waals surface area contributed by atoms with Crippen LogP contribution in [0, 0.1) is 12.3 Å². The van der Waals surface area contributed by atoms with E-state index in [0.29, 0.717) is 11.4 Å². The van der Waals surface area contributed by atoms with Crippen molar-refractivity contribution in [3.05, 3.63) is 24.3 Å². The maximum atomic E-state index is 11.2. The number of hydrogen-bond acceptors (Lipinski definition) is 3. The summed E-state index contributed by atoms with van der Waals surface area (Å²) in [4.78, 5) is 11.2. The third kappa shape index (κ3) is 5.61. The molecular weight excluding hydrogens is 354 g/mol. The topological polar surface area (TPSA) is 47.6 Å². The third-order valence-electron chi connectivity index (χ3n) is 1.59. The Morgan fingerprint density at radius 1 is 1.53 bits per heavy atom. The van der Waals surface area contributed by atoms with Crippen molar-refractivity contribution in [2.75, 3.05) is 11.9 Å². The number of rotatable bonds is 4. The molecule has 0 fully saturated rings. The van der Waals surface area contributed by atoms with Gasteiger partial charge in [0.25, 0.3) is 0 Å². The minimum Gasteiger partial charge on any atom is -0.469 e. The number of anilines is 1. The second-order valence-corrected chi connectivity index (χ2v) is 5.70. The molecule has 0 aliphatic rings. The maximum absolute atomic E-state index is 11.2. The quantitative estimate of drug-likeness (QED) is 0.660. The fourth-order valence-electron chi connectivity index (χ4n) is 1.01. The van der Waals surface area contributed by atoms with E-state index in [1.165, 1.54) is 0 Å². The molecule has 0 aliphatic carbocycles. The van der Waals surface area contributed by atoms with Crippen LogP contribution in [-0.4, -0.2) is 16.6 Å². The van der Waals surface area contributed by atoms with Gasteiger partial charge in [-0.25, -0.2) is 4.79 Å². The summed E-state index contributed by atoms with van der Waals surface area (Å²) in [5.41, 5.74) is 0.560. The predicted molar refractivity (Wildman–Crippen MR) is 72.5 cm³/mol. The van der Waals surface area contributed by atoms with E-state index in [1.807, 2.05) is 0 Å². The van der Waals surface area contributed by atoms with Crippen LogP contribution in [0.15, 0.2) is 24.3 Å². The Morgan fingerprint density at radius 2 is 2.29 bits per heavy atom. The highest BCUT2D eigenvalue weighted by molar-refractivity contribution is 9.24. The molecule has 1 rings (SSSR count). The van der Waals surface area contributed by atoms with Crippen molar-refractivity contribution in [2.24, 2.45) is 0 Å². The van der Waals surface area contributed by atoms with Crippen LogP contribution in [0.1, 0.15) is 0 Å². The molecule has 4 nitrogen and oxygen atoms in total. The van der Waals surface area contributed by atoms with Gasteiger partial charge in [0.1, 0.15) is 5.75 Å². The summed E-state index contributed by atoms with van der Waals surface area (Å²) in [6.07, 6.45) is 4.36. The van der Waals surface area contributed by atoms with E-state index in [-0.39, 0.29) is 10.5 Å². The molecule has 0 saturated carbocycles. The largest absolute Gasteiger partial charge is 0.469 e. The van der Waals surface area contributed by atoms with E-state index in [0.717, 1.165) is 0 Å². The van der Waals surface area contributed by atoms with Crippen molar-refractivity contribution in [2.45, 2.75) is 3.92 Å². The minimum atomic E-state index is -0.602. The molecule has 0 unspecified atom stereocenters. The van der Waals surface area contributed by atoms with Gasteiger partial charge in [-0.3, -0.25) is 5.32 Å². The van der Waals surface area contributed by atoms with Crippen molar-refractivity contribution < 1.29 is 14.3 Å². The second-order valence-electron chi connectivity index (χ2n) is 2.81. The van der Waals surface area contributed by atoms with Crippen molar-refractivity contribution in [3.63, 3.8) is 0 Å². The zero-order chi connectivity index (χ0) is 12.7. The summed E-state index contributed by atoms with van der Waals surface area (Å²) < 4.78 is 9.70. The number of benzene rings is 1. The highest BCUT2D eigenvalue weighted by atomic mass is 79.9. The summed E-state index contributed by atoms with van der Waals surface area (Å²) in [5, 5.41) is 2.52. The molecule has 0 saturated heterocycles. The predicted octanol–water partition coefficient (Wildman–Crippen LogP) is 3.32. The Bertz CT molecular complexity index is 429. The second kappa shape index (κ2) is 7.20. The molecule has 1 aromatic rings. The van der Waals surface area contributed by atoms with Crippen molar-refractivity contribution in [1.29, 1.82) is 0 Å². The molecule has 1 aromatic carbocycles. The lowest BCUT2D eigenvalue weighted by Crippen LogP contribution is -2.13. The SMILES string of the molecule is C#CCOC(=O)Nc1cccc(OC(Br)Br)c1. The van der Waals surface area contributed by atoms with Gasteiger partial charge in [-0.1, -0.05) is 12.0 Å². The molecule has 0 heterocycles. The van der Waals surface area contributed by atoms with Gasteiger partial charge in [-0.2, -0.15) is 0 Å². The third-order valence-corrected chi connectivity index (χ3v) is 1.97. The molecule has 0 radical (unpaired) electrons. The van der Waals surface area contributed by atoms with E-state index < -0.39 is 6.09 Å². The van der Waals surface area contributed by atoms with Gasteiger partial charge in [0.05, 0.1) is 0 Å². The monoisotopic (exact) mass is 361 g/mol. The number of nitrogens with one attached hydrogen (secondary N) is 1. The number of alkyl halides is 2. The average Bonchev–Trinajstić information content (AvgIpc) is 2.26. The van der Waals surface area contributed by atoms with Crippen LogP contribution < -0.4 is 10.1 Å². The van der Waals surface area contributed by atoms with Crippen LogP contribution in [0.3, 0.4) is 0 Å². The lowest BCUT2D eigenvalue weighted by atomic mass is 10.3. The van der Waals surface area contributed by atoms with Gasteiger partial charge in [0.15, 0.2) is 6.61 Å². The normalized spacial score (nSPS) is 9.53. The Balaban J connectivity index is 2.59. The summed E-state index contributed by atoms with van der Waals surface area (Å²) in [5.74, 6) is 2.80. The fraction of sp³-hybridized carbons (Fsp3) is 0.182. The Morgan fingerprint density at radius 3 is 2.94 bits per heavy atom. The lowest BCUT2D eigenvalue weighted by Gasteiger charge is -2.09. The number of amides is 1. The zero-order valence-electron chi connectivity index (χ0n) is 8.65. The van der Waals surface area contributed by atoms with Crippen LogP contribution in [0.25, 0.3) is 0 Å². The van der Waals surface area contributed by atoms with Crippen LogP contribution in [0.4, 0.5) is 10.5 Å². The van der Waals surface area contributed by atoms with Crippen LogP contribution in [0.5, 0.6) is 5.75 Å². The Hall–Kier alpha value is -1.19. The zero-order valence-corrected chi connectivity index (χ0v) is 11.8. The van der Waals surface area contributed by atoms with Gasteiger partial charge < -0.3 is 9.47 Å². The maximum Gasteiger partial charge on any atom is 0.412 e. The number of carbonyl (C=O) groups is 1. The molecule has 90 valence electrons. The van der Waals surface area contributed by atoms with Crippen LogP contribution in [-0.2, 0) is 4.74 Å². The first-order valence-electron chi connectivity index (χ1n) is 4.54. The van der Waals surface area contributed by atoms with Gasteiger partial charge in [-0.05, 0) is 44.0 Å². The highest BCUT2D eigenvalue weighted by Gasteiger charge is 2.05. The molecule has 1 amide bonds. The van der Waals surface area contributed by atoms with Gasteiger partial charge in [0, 0.05) is 11.8 Å². The van der Waals surface area contributed by atoms with Gasteiger partial charge in [0.2, 0.25) is 3.92 Å². The smallest absolute Gasteiger partial charge is 0.412 e. The minimum absolute atomic E-state index is 0.0626. The molecular formula is C11H9Br2NO3. The molecule has 0 bridgehead atoms. The van der Waals surface area contributed by atoms with Crippen molar-refractivity contribution in [3.8, 4) is 18.1 Å². The number of carbonyl (C=O) groups excluding carboxylic acids is 1. The first-order chi connectivity index (χ1) is 8.11. The molecule has 0 aromatic heterocycles. The van der Waals surface area contributed by atoms with E-state index in [4.69, 9.17) is 11.2 Å². The lowest BCUT2D eigenvalue weighted by molar-refractivity contribution is 0.176. The van der Waals surface area contributed by atoms with E-state index in [1.54, 1.807) is 24.3 Å². The first-order valence-corrected chi connectivity index (χ1v) is 6.37. The molecule has 1 N–H and O–H groups in total. The number of halogens is 2. The van der Waals surface area contributed by atoms with Crippen LogP contribution in [0.2, 0.25) is 0 Å². The molecule has 6 heteroatoms. The van der Waals surface area contributed by atoms with Gasteiger partial charge in [-0.15, -0.1) is 6.42 Å². The van der Waals surface area contributed by atoms with Crippen molar-refractivity contribution in [1.82, 2.24) is 0 Å². The number of ether oxygens (including phenoxy) is 2. The van der Waals surface area contributed by atoms with Crippen molar-refractivity contribution >= 4 is 43.6 Å². The van der Waals surface area contributed by atoms with Crippen LogP contribution >= 0.6 is 31.9 Å². The average molecular weight is 363 g/mol. The van der Waals surface area contributed by atoms with E-state index in [2.05, 4.69) is 47.8 Å². The summed E-state index contributed by atoms with van der Waals surface area (Å²) in [7, 11) is 0. The van der Waals surface area contributed by atoms with Gasteiger partial charge >= 0.3 is 6.09 Å².